The lowest BCUT2D eigenvalue weighted by Gasteiger charge is -2.33. The number of fused-ring (bicyclic) bond motifs is 1. The van der Waals surface area contributed by atoms with E-state index >= 15 is 0 Å². The summed E-state index contributed by atoms with van der Waals surface area (Å²) in [7, 11) is 0. The van der Waals surface area contributed by atoms with Gasteiger partial charge < -0.3 is 20.5 Å². The Hall–Kier alpha value is -2.90. The van der Waals surface area contributed by atoms with Gasteiger partial charge in [-0.15, -0.1) is 0 Å². The first kappa shape index (κ1) is 23.8. The van der Waals surface area contributed by atoms with E-state index in [4.69, 9.17) is 4.74 Å². The van der Waals surface area contributed by atoms with Crippen LogP contribution in [-0.2, 0) is 6.42 Å². The molecule has 35 heavy (non-hydrogen) atoms. The predicted octanol–water partition coefficient (Wildman–Crippen LogP) is 4.98. The Bertz CT molecular complexity index is 1090. The molecular weight excluding hydrogens is 438 g/mol. The molecule has 1 aromatic heterocycles. The maximum absolute atomic E-state index is 9.20. The van der Waals surface area contributed by atoms with Crippen molar-refractivity contribution in [2.75, 3.05) is 36.9 Å². The fraction of sp³-hybridized carbons (Fsp3) is 0.500. The molecule has 0 amide bonds. The molecule has 2 unspecified atom stereocenters. The summed E-state index contributed by atoms with van der Waals surface area (Å²) < 4.78 is 6.07. The van der Waals surface area contributed by atoms with Crippen molar-refractivity contribution in [3.05, 3.63) is 59.4 Å². The van der Waals surface area contributed by atoms with Gasteiger partial charge in [0.1, 0.15) is 5.75 Å². The van der Waals surface area contributed by atoms with Crippen molar-refractivity contribution in [1.82, 2.24) is 14.9 Å². The number of allylic oxidation sites excluding steroid dienone is 2. The number of benzene rings is 1. The van der Waals surface area contributed by atoms with Crippen molar-refractivity contribution in [3.63, 3.8) is 0 Å². The summed E-state index contributed by atoms with van der Waals surface area (Å²) in [5, 5.41) is 16.1. The van der Waals surface area contributed by atoms with Gasteiger partial charge in [-0.05, 0) is 99.4 Å². The molecule has 1 saturated heterocycles. The summed E-state index contributed by atoms with van der Waals surface area (Å²) in [6.07, 6.45) is 11.7. The third-order valence-corrected chi connectivity index (χ3v) is 7.37. The van der Waals surface area contributed by atoms with Crippen LogP contribution in [0.2, 0.25) is 0 Å². The third-order valence-electron chi connectivity index (χ3n) is 7.37. The number of likely N-dealkylation sites (tertiary alicyclic amines) is 1. The van der Waals surface area contributed by atoms with E-state index in [1.54, 1.807) is 12.3 Å². The van der Waals surface area contributed by atoms with E-state index in [9.17, 15) is 5.11 Å². The van der Waals surface area contributed by atoms with E-state index in [0.717, 1.165) is 50.3 Å². The van der Waals surface area contributed by atoms with Gasteiger partial charge in [0.2, 0.25) is 11.8 Å². The van der Waals surface area contributed by atoms with Gasteiger partial charge in [-0.1, -0.05) is 13.0 Å². The second kappa shape index (κ2) is 10.8. The predicted molar refractivity (Wildman–Crippen MR) is 140 cm³/mol. The first-order chi connectivity index (χ1) is 17.1. The zero-order chi connectivity index (χ0) is 24.2. The van der Waals surface area contributed by atoms with Crippen LogP contribution in [0.15, 0.2) is 53.9 Å². The SMILES string of the molecule is CC1Cc2cc(Oc3ccnc(NC4=CC(CN5CCC(CCO)CC5)=CCC4C)n3)ccc2N1. The molecule has 186 valence electrons. The molecule has 0 saturated carbocycles. The molecule has 2 aromatic rings. The van der Waals surface area contributed by atoms with Crippen LogP contribution in [0.5, 0.6) is 11.6 Å². The fourth-order valence-corrected chi connectivity index (χ4v) is 5.30. The number of hydrogen-bond donors (Lipinski definition) is 3. The molecule has 0 radical (unpaired) electrons. The zero-order valence-electron chi connectivity index (χ0n) is 20.8. The van der Waals surface area contributed by atoms with Crippen LogP contribution in [0.25, 0.3) is 0 Å². The maximum atomic E-state index is 9.20. The monoisotopic (exact) mass is 475 g/mol. The second-order valence-electron chi connectivity index (χ2n) is 10.3. The highest BCUT2D eigenvalue weighted by Crippen LogP contribution is 2.32. The minimum atomic E-state index is 0.309. The summed E-state index contributed by atoms with van der Waals surface area (Å²) in [4.78, 5) is 11.6. The minimum absolute atomic E-state index is 0.309. The third kappa shape index (κ3) is 6.03. The number of rotatable bonds is 8. The lowest BCUT2D eigenvalue weighted by atomic mass is 9.92. The number of nitrogens with zero attached hydrogens (tertiary/aromatic N) is 3. The van der Waals surface area contributed by atoms with Gasteiger partial charge in [-0.3, -0.25) is 4.90 Å². The molecule has 7 nitrogen and oxygen atoms in total. The number of anilines is 2. The zero-order valence-corrected chi connectivity index (χ0v) is 20.8. The van der Waals surface area contributed by atoms with Crippen molar-refractivity contribution in [2.24, 2.45) is 11.8 Å². The van der Waals surface area contributed by atoms with Crippen molar-refractivity contribution >= 4 is 11.6 Å². The Morgan fingerprint density at radius 1 is 1.20 bits per heavy atom. The molecule has 1 aromatic carbocycles. The molecule has 3 aliphatic rings. The number of aromatic nitrogens is 2. The van der Waals surface area contributed by atoms with Crippen LogP contribution in [0.4, 0.5) is 11.6 Å². The van der Waals surface area contributed by atoms with Crippen LogP contribution in [0.3, 0.4) is 0 Å². The minimum Gasteiger partial charge on any atom is -0.439 e. The van der Waals surface area contributed by atoms with Gasteiger partial charge in [-0.2, -0.15) is 4.98 Å². The Balaban J connectivity index is 1.21. The Morgan fingerprint density at radius 3 is 2.89 bits per heavy atom. The lowest BCUT2D eigenvalue weighted by molar-refractivity contribution is 0.167. The molecule has 1 fully saturated rings. The summed E-state index contributed by atoms with van der Waals surface area (Å²) in [5.41, 5.74) is 4.96. The lowest BCUT2D eigenvalue weighted by Crippen LogP contribution is -2.35. The first-order valence-electron chi connectivity index (χ1n) is 13.0. The van der Waals surface area contributed by atoms with E-state index in [-0.39, 0.29) is 0 Å². The highest BCUT2D eigenvalue weighted by Gasteiger charge is 2.21. The standard InChI is InChI=1S/C28H37N5O2/c1-19-3-4-22(18-33-12-8-21(9-13-33)10-14-34)16-26(19)31-28-29-11-7-27(32-28)35-24-5-6-25-23(17-24)15-20(2)30-25/h4-7,11,16-17,19-21,30,34H,3,8-10,12-15,18H2,1-2H3,(H,29,31,32). The molecule has 2 atom stereocenters. The average Bonchev–Trinajstić information content (AvgIpc) is 3.22. The highest BCUT2D eigenvalue weighted by molar-refractivity contribution is 5.59. The van der Waals surface area contributed by atoms with Crippen LogP contribution in [0.1, 0.15) is 45.1 Å². The second-order valence-corrected chi connectivity index (χ2v) is 10.3. The summed E-state index contributed by atoms with van der Waals surface area (Å²) >= 11 is 0. The smallest absolute Gasteiger partial charge is 0.230 e. The topological polar surface area (TPSA) is 82.5 Å². The van der Waals surface area contributed by atoms with E-state index in [0.29, 0.717) is 36.3 Å². The molecule has 2 aliphatic heterocycles. The van der Waals surface area contributed by atoms with Gasteiger partial charge in [0.25, 0.3) is 0 Å². The Morgan fingerprint density at radius 2 is 2.06 bits per heavy atom. The Labute approximate surface area is 208 Å². The van der Waals surface area contributed by atoms with Crippen molar-refractivity contribution in [2.45, 2.75) is 52.0 Å². The number of aliphatic hydroxyl groups is 1. The van der Waals surface area contributed by atoms with Crippen molar-refractivity contribution in [1.29, 1.82) is 0 Å². The van der Waals surface area contributed by atoms with E-state index < -0.39 is 0 Å². The van der Waals surface area contributed by atoms with Gasteiger partial charge in [0, 0.05) is 42.8 Å². The van der Waals surface area contributed by atoms with Crippen LogP contribution < -0.4 is 15.4 Å². The summed E-state index contributed by atoms with van der Waals surface area (Å²) in [5.74, 6) is 2.94. The van der Waals surface area contributed by atoms with E-state index in [1.165, 1.54) is 29.7 Å². The molecular formula is C28H37N5O2. The fourth-order valence-electron chi connectivity index (χ4n) is 5.30. The maximum Gasteiger partial charge on any atom is 0.230 e. The van der Waals surface area contributed by atoms with Gasteiger partial charge in [0.05, 0.1) is 0 Å². The Kier molecular flexibility index (Phi) is 7.35. The normalized spacial score (nSPS) is 22.7. The van der Waals surface area contributed by atoms with E-state index in [1.807, 2.05) is 6.07 Å². The molecule has 0 bridgehead atoms. The highest BCUT2D eigenvalue weighted by atomic mass is 16.5. The van der Waals surface area contributed by atoms with Gasteiger partial charge in [0.15, 0.2) is 0 Å². The summed E-state index contributed by atoms with van der Waals surface area (Å²) in [6, 6.07) is 8.40. The molecule has 7 heteroatoms. The number of piperidine rings is 1. The van der Waals surface area contributed by atoms with Crippen LogP contribution in [-0.4, -0.2) is 52.3 Å². The summed E-state index contributed by atoms with van der Waals surface area (Å²) in [6.45, 7) is 7.91. The van der Waals surface area contributed by atoms with Crippen LogP contribution in [0, 0.1) is 11.8 Å². The quantitative estimate of drug-likeness (QED) is 0.497. The molecule has 0 spiro atoms. The number of nitrogens with one attached hydrogen (secondary N) is 2. The molecule has 3 heterocycles. The number of aliphatic hydroxyl groups excluding tert-OH is 1. The van der Waals surface area contributed by atoms with Crippen LogP contribution >= 0.6 is 0 Å². The molecule has 1 aliphatic carbocycles. The van der Waals surface area contributed by atoms with Gasteiger partial charge in [-0.25, -0.2) is 4.98 Å². The van der Waals surface area contributed by atoms with Crippen molar-refractivity contribution in [3.8, 4) is 11.6 Å². The average molecular weight is 476 g/mol. The molecule has 3 N–H and O–H groups in total. The van der Waals surface area contributed by atoms with Gasteiger partial charge >= 0.3 is 0 Å². The van der Waals surface area contributed by atoms with E-state index in [2.05, 4.69) is 63.6 Å². The molecule has 5 rings (SSSR count). The van der Waals surface area contributed by atoms with Crippen molar-refractivity contribution < 1.29 is 9.84 Å². The first-order valence-corrected chi connectivity index (χ1v) is 13.0. The largest absolute Gasteiger partial charge is 0.439 e. The number of ether oxygens (including phenoxy) is 1. The number of hydrogen-bond acceptors (Lipinski definition) is 7.